The summed E-state index contributed by atoms with van der Waals surface area (Å²) in [6, 6.07) is 11.8. The number of amides is 3. The molecule has 0 bridgehead atoms. The lowest BCUT2D eigenvalue weighted by Crippen LogP contribution is -2.38. The molecular weight excluding hydrogens is 429 g/mol. The predicted molar refractivity (Wildman–Crippen MR) is 115 cm³/mol. The van der Waals surface area contributed by atoms with Crippen LogP contribution < -0.4 is 20.3 Å². The largest absolute Gasteiger partial charge is 0.497 e. The number of nitrogens with zero attached hydrogens (tertiary/aromatic N) is 1. The lowest BCUT2D eigenvalue weighted by atomic mass is 10.1. The number of rotatable bonds is 7. The predicted octanol–water partition coefficient (Wildman–Crippen LogP) is 2.90. The molecule has 1 heterocycles. The third-order valence-corrected chi connectivity index (χ3v) is 5.29. The second-order valence-corrected chi connectivity index (χ2v) is 7.62. The number of carbonyl (C=O) groups is 3. The standard InChI is InChI=1S/C21H21Cl2N3O4/c1-30-16-4-2-3-15(11-16)26-12-13(9-19(26)27)20(28)24-7-8-25-21(29)17-6-5-14(22)10-18(17)23/h2-6,10-11,13H,7-9,12H2,1H3,(H,24,28)(H,25,29)/t13-/m1/s1. The molecule has 3 amide bonds. The van der Waals surface area contributed by atoms with Crippen LogP contribution in [0.2, 0.25) is 10.0 Å². The number of hydrogen-bond acceptors (Lipinski definition) is 4. The Labute approximate surface area is 184 Å². The Hall–Kier alpha value is -2.77. The molecule has 2 N–H and O–H groups in total. The lowest BCUT2D eigenvalue weighted by molar-refractivity contribution is -0.126. The quantitative estimate of drug-likeness (QED) is 0.636. The number of halogens is 2. The van der Waals surface area contributed by atoms with Crippen molar-refractivity contribution in [2.75, 3.05) is 31.6 Å². The van der Waals surface area contributed by atoms with E-state index < -0.39 is 5.92 Å². The second kappa shape index (κ2) is 9.82. The van der Waals surface area contributed by atoms with Gasteiger partial charge in [-0.05, 0) is 30.3 Å². The van der Waals surface area contributed by atoms with Crippen molar-refractivity contribution in [3.8, 4) is 5.75 Å². The topological polar surface area (TPSA) is 87.7 Å². The Morgan fingerprint density at radius 1 is 1.13 bits per heavy atom. The summed E-state index contributed by atoms with van der Waals surface area (Å²) in [7, 11) is 1.56. The minimum atomic E-state index is -0.454. The molecule has 0 aromatic heterocycles. The van der Waals surface area contributed by atoms with Gasteiger partial charge in [0.15, 0.2) is 0 Å². The fourth-order valence-electron chi connectivity index (χ4n) is 3.19. The van der Waals surface area contributed by atoms with Crippen LogP contribution in [-0.2, 0) is 9.59 Å². The molecule has 0 radical (unpaired) electrons. The van der Waals surface area contributed by atoms with Crippen LogP contribution in [0.15, 0.2) is 42.5 Å². The van der Waals surface area contributed by atoms with Gasteiger partial charge in [-0.25, -0.2) is 0 Å². The molecule has 0 aliphatic carbocycles. The van der Waals surface area contributed by atoms with Gasteiger partial charge >= 0.3 is 0 Å². The fourth-order valence-corrected chi connectivity index (χ4v) is 3.68. The Morgan fingerprint density at radius 2 is 1.90 bits per heavy atom. The molecule has 30 heavy (non-hydrogen) atoms. The number of nitrogens with one attached hydrogen (secondary N) is 2. The van der Waals surface area contributed by atoms with E-state index in [9.17, 15) is 14.4 Å². The second-order valence-electron chi connectivity index (χ2n) is 6.78. The van der Waals surface area contributed by atoms with E-state index in [1.165, 1.54) is 12.1 Å². The molecule has 3 rings (SSSR count). The first-order valence-electron chi connectivity index (χ1n) is 9.34. The Bertz CT molecular complexity index is 967. The van der Waals surface area contributed by atoms with E-state index >= 15 is 0 Å². The molecule has 2 aromatic rings. The molecule has 158 valence electrons. The summed E-state index contributed by atoms with van der Waals surface area (Å²) in [6.07, 6.45) is 0.135. The van der Waals surface area contributed by atoms with Gasteiger partial charge in [-0.1, -0.05) is 29.3 Å². The van der Waals surface area contributed by atoms with E-state index in [-0.39, 0.29) is 42.3 Å². The summed E-state index contributed by atoms with van der Waals surface area (Å²) in [5.74, 6) is -0.511. The summed E-state index contributed by atoms with van der Waals surface area (Å²) in [4.78, 5) is 38.5. The molecule has 7 nitrogen and oxygen atoms in total. The molecule has 1 aliphatic heterocycles. The van der Waals surface area contributed by atoms with Crippen molar-refractivity contribution < 1.29 is 19.1 Å². The zero-order valence-electron chi connectivity index (χ0n) is 16.3. The maximum Gasteiger partial charge on any atom is 0.252 e. The monoisotopic (exact) mass is 449 g/mol. The average Bonchev–Trinajstić information content (AvgIpc) is 3.12. The van der Waals surface area contributed by atoms with Crippen molar-refractivity contribution in [2.24, 2.45) is 5.92 Å². The van der Waals surface area contributed by atoms with Crippen LogP contribution in [0.1, 0.15) is 16.8 Å². The van der Waals surface area contributed by atoms with Crippen LogP contribution in [0.5, 0.6) is 5.75 Å². The first-order valence-corrected chi connectivity index (χ1v) is 10.1. The number of methoxy groups -OCH3 is 1. The van der Waals surface area contributed by atoms with Gasteiger partial charge < -0.3 is 20.3 Å². The van der Waals surface area contributed by atoms with Crippen LogP contribution in [0.4, 0.5) is 5.69 Å². The van der Waals surface area contributed by atoms with Crippen LogP contribution in [0.3, 0.4) is 0 Å². The molecule has 2 aromatic carbocycles. The third-order valence-electron chi connectivity index (χ3n) is 4.75. The summed E-state index contributed by atoms with van der Waals surface area (Å²) >= 11 is 11.8. The molecule has 1 saturated heterocycles. The van der Waals surface area contributed by atoms with Gasteiger partial charge in [0.05, 0.1) is 23.6 Å². The minimum absolute atomic E-state index is 0.117. The van der Waals surface area contributed by atoms with Gasteiger partial charge in [0.25, 0.3) is 5.91 Å². The molecule has 9 heteroatoms. The highest BCUT2D eigenvalue weighted by molar-refractivity contribution is 6.36. The van der Waals surface area contributed by atoms with Crippen LogP contribution in [0, 0.1) is 5.92 Å². The highest BCUT2D eigenvalue weighted by Crippen LogP contribution is 2.28. The first-order chi connectivity index (χ1) is 14.4. The fraction of sp³-hybridized carbons (Fsp3) is 0.286. The van der Waals surface area contributed by atoms with Crippen molar-refractivity contribution in [2.45, 2.75) is 6.42 Å². The van der Waals surface area contributed by atoms with E-state index in [0.29, 0.717) is 28.6 Å². The number of hydrogen-bond donors (Lipinski definition) is 2. The van der Waals surface area contributed by atoms with Gasteiger partial charge in [0.1, 0.15) is 5.75 Å². The van der Waals surface area contributed by atoms with E-state index in [0.717, 1.165) is 0 Å². The average molecular weight is 450 g/mol. The molecule has 0 unspecified atom stereocenters. The van der Waals surface area contributed by atoms with Crippen molar-refractivity contribution in [3.05, 3.63) is 58.1 Å². The highest BCUT2D eigenvalue weighted by Gasteiger charge is 2.35. The molecule has 1 atom stereocenters. The number of anilines is 1. The third kappa shape index (κ3) is 5.23. The zero-order chi connectivity index (χ0) is 21.7. The summed E-state index contributed by atoms with van der Waals surface area (Å²) in [6.45, 7) is 0.758. The smallest absolute Gasteiger partial charge is 0.252 e. The van der Waals surface area contributed by atoms with E-state index in [1.54, 1.807) is 42.3 Å². The normalized spacial score (nSPS) is 15.8. The summed E-state index contributed by atoms with van der Waals surface area (Å²) in [5, 5.41) is 6.15. The highest BCUT2D eigenvalue weighted by atomic mass is 35.5. The van der Waals surface area contributed by atoms with Crippen LogP contribution in [0.25, 0.3) is 0 Å². The Morgan fingerprint density at radius 3 is 2.63 bits per heavy atom. The van der Waals surface area contributed by atoms with E-state index in [1.807, 2.05) is 0 Å². The van der Waals surface area contributed by atoms with E-state index in [4.69, 9.17) is 27.9 Å². The molecule has 0 saturated carbocycles. The Balaban J connectivity index is 1.47. The van der Waals surface area contributed by atoms with Crippen molar-refractivity contribution in [3.63, 3.8) is 0 Å². The summed E-state index contributed by atoms with van der Waals surface area (Å²) in [5.41, 5.74) is 1.00. The van der Waals surface area contributed by atoms with Gasteiger partial charge in [0, 0.05) is 42.8 Å². The van der Waals surface area contributed by atoms with Crippen LogP contribution in [-0.4, -0.2) is 44.5 Å². The maximum atomic E-state index is 12.4. The maximum absolute atomic E-state index is 12.4. The number of ether oxygens (including phenoxy) is 1. The van der Waals surface area contributed by atoms with Gasteiger partial charge in [-0.3, -0.25) is 14.4 Å². The summed E-state index contributed by atoms with van der Waals surface area (Å²) < 4.78 is 5.19. The Kier molecular flexibility index (Phi) is 7.18. The molecule has 1 aliphatic rings. The molecule has 1 fully saturated rings. The SMILES string of the molecule is COc1cccc(N2C[C@H](C(=O)NCCNC(=O)c3ccc(Cl)cc3Cl)CC2=O)c1. The van der Waals surface area contributed by atoms with E-state index in [2.05, 4.69) is 10.6 Å². The molecule has 0 spiro atoms. The molecular formula is C21H21Cl2N3O4. The van der Waals surface area contributed by atoms with Gasteiger partial charge in [-0.15, -0.1) is 0 Å². The number of benzene rings is 2. The van der Waals surface area contributed by atoms with Crippen LogP contribution >= 0.6 is 23.2 Å². The van der Waals surface area contributed by atoms with Gasteiger partial charge in [0.2, 0.25) is 11.8 Å². The van der Waals surface area contributed by atoms with Crippen molar-refractivity contribution in [1.82, 2.24) is 10.6 Å². The van der Waals surface area contributed by atoms with Crippen molar-refractivity contribution >= 4 is 46.6 Å². The first kappa shape index (κ1) is 21.9. The van der Waals surface area contributed by atoms with Crippen molar-refractivity contribution in [1.29, 1.82) is 0 Å². The zero-order valence-corrected chi connectivity index (χ0v) is 17.8. The lowest BCUT2D eigenvalue weighted by Gasteiger charge is -2.17. The minimum Gasteiger partial charge on any atom is -0.497 e. The number of carbonyl (C=O) groups excluding carboxylic acids is 3. The van der Waals surface area contributed by atoms with Gasteiger partial charge in [-0.2, -0.15) is 0 Å².